The standard InChI is InChI=1S/C14H26N2S/c1-5-14(15,6-2)11-16(4)12(3)10-13-8-7-9-17-13/h7-9,12H,5-6,10-11,15H2,1-4H3. The summed E-state index contributed by atoms with van der Waals surface area (Å²) >= 11 is 1.84. The zero-order chi connectivity index (χ0) is 12.9. The monoisotopic (exact) mass is 254 g/mol. The summed E-state index contributed by atoms with van der Waals surface area (Å²) in [5.74, 6) is 0. The van der Waals surface area contributed by atoms with Crippen molar-refractivity contribution in [2.45, 2.75) is 51.6 Å². The van der Waals surface area contributed by atoms with E-state index in [0.717, 1.165) is 25.8 Å². The predicted molar refractivity (Wildman–Crippen MR) is 77.6 cm³/mol. The molecule has 17 heavy (non-hydrogen) atoms. The molecule has 0 radical (unpaired) electrons. The lowest BCUT2D eigenvalue weighted by molar-refractivity contribution is 0.188. The third-order valence-electron chi connectivity index (χ3n) is 3.80. The van der Waals surface area contributed by atoms with E-state index in [1.54, 1.807) is 0 Å². The van der Waals surface area contributed by atoms with E-state index < -0.39 is 0 Å². The fourth-order valence-corrected chi connectivity index (χ4v) is 2.83. The molecule has 0 amide bonds. The highest BCUT2D eigenvalue weighted by atomic mass is 32.1. The van der Waals surface area contributed by atoms with Gasteiger partial charge < -0.3 is 10.6 Å². The van der Waals surface area contributed by atoms with E-state index in [4.69, 9.17) is 5.73 Å². The highest BCUT2D eigenvalue weighted by molar-refractivity contribution is 7.09. The van der Waals surface area contributed by atoms with Crippen LogP contribution in [0.5, 0.6) is 0 Å². The van der Waals surface area contributed by atoms with E-state index in [2.05, 4.69) is 50.2 Å². The molecule has 1 aromatic heterocycles. The van der Waals surface area contributed by atoms with Crippen molar-refractivity contribution in [3.05, 3.63) is 22.4 Å². The van der Waals surface area contributed by atoms with Crippen molar-refractivity contribution in [3.8, 4) is 0 Å². The van der Waals surface area contributed by atoms with E-state index >= 15 is 0 Å². The lowest BCUT2D eigenvalue weighted by atomic mass is 9.93. The third kappa shape index (κ3) is 4.41. The first-order chi connectivity index (χ1) is 8.00. The van der Waals surface area contributed by atoms with Crippen molar-refractivity contribution in [1.29, 1.82) is 0 Å². The average molecular weight is 254 g/mol. The molecule has 98 valence electrons. The number of rotatable bonds is 7. The lowest BCUT2D eigenvalue weighted by Gasteiger charge is -2.35. The molecular weight excluding hydrogens is 228 g/mol. The zero-order valence-electron chi connectivity index (χ0n) is 11.6. The van der Waals surface area contributed by atoms with Crippen molar-refractivity contribution in [2.24, 2.45) is 5.73 Å². The normalized spacial score (nSPS) is 14.2. The van der Waals surface area contributed by atoms with Gasteiger partial charge in [0.05, 0.1) is 0 Å². The van der Waals surface area contributed by atoms with Crippen LogP contribution in [0.2, 0.25) is 0 Å². The summed E-state index contributed by atoms with van der Waals surface area (Å²) in [5.41, 5.74) is 6.34. The maximum Gasteiger partial charge on any atom is 0.0278 e. The lowest BCUT2D eigenvalue weighted by Crippen LogP contribution is -2.50. The second kappa shape index (κ2) is 6.53. The molecule has 0 spiro atoms. The Kier molecular flexibility index (Phi) is 5.63. The molecule has 0 aromatic carbocycles. The summed E-state index contributed by atoms with van der Waals surface area (Å²) in [6, 6.07) is 4.89. The molecule has 1 unspecified atom stereocenters. The minimum atomic E-state index is -0.0293. The largest absolute Gasteiger partial charge is 0.324 e. The van der Waals surface area contributed by atoms with Crippen molar-refractivity contribution in [3.63, 3.8) is 0 Å². The van der Waals surface area contributed by atoms with E-state index in [-0.39, 0.29) is 5.54 Å². The van der Waals surface area contributed by atoms with Gasteiger partial charge in [0.2, 0.25) is 0 Å². The van der Waals surface area contributed by atoms with Gasteiger partial charge in [-0.25, -0.2) is 0 Å². The van der Waals surface area contributed by atoms with E-state index in [1.807, 2.05) is 11.3 Å². The number of hydrogen-bond acceptors (Lipinski definition) is 3. The van der Waals surface area contributed by atoms with Crippen LogP contribution in [0.1, 0.15) is 38.5 Å². The number of thiophene rings is 1. The molecule has 0 bridgehead atoms. The average Bonchev–Trinajstić information content (AvgIpc) is 2.81. The summed E-state index contributed by atoms with van der Waals surface area (Å²) in [6.45, 7) is 7.63. The van der Waals surface area contributed by atoms with Gasteiger partial charge in [0.15, 0.2) is 0 Å². The van der Waals surface area contributed by atoms with E-state index in [0.29, 0.717) is 6.04 Å². The fraction of sp³-hybridized carbons (Fsp3) is 0.714. The van der Waals surface area contributed by atoms with Gasteiger partial charge in [-0.05, 0) is 44.7 Å². The first-order valence-corrected chi connectivity index (χ1v) is 7.40. The van der Waals surface area contributed by atoms with E-state index in [1.165, 1.54) is 4.88 Å². The minimum Gasteiger partial charge on any atom is -0.324 e. The van der Waals surface area contributed by atoms with Gasteiger partial charge in [-0.15, -0.1) is 11.3 Å². The van der Waals surface area contributed by atoms with Gasteiger partial charge in [-0.1, -0.05) is 19.9 Å². The maximum atomic E-state index is 6.37. The number of likely N-dealkylation sites (N-methyl/N-ethyl adjacent to an activating group) is 1. The van der Waals surface area contributed by atoms with Crippen LogP contribution in [0.4, 0.5) is 0 Å². The summed E-state index contributed by atoms with van der Waals surface area (Å²) < 4.78 is 0. The Morgan fingerprint density at radius 1 is 1.41 bits per heavy atom. The SMILES string of the molecule is CCC(N)(CC)CN(C)C(C)Cc1cccs1. The van der Waals surface area contributed by atoms with Crippen LogP contribution in [0.3, 0.4) is 0 Å². The van der Waals surface area contributed by atoms with Gasteiger partial charge >= 0.3 is 0 Å². The first-order valence-electron chi connectivity index (χ1n) is 6.52. The molecule has 0 saturated carbocycles. The molecule has 0 aliphatic carbocycles. The Hall–Kier alpha value is -0.380. The molecule has 1 heterocycles. The smallest absolute Gasteiger partial charge is 0.0278 e. The molecule has 1 rings (SSSR count). The van der Waals surface area contributed by atoms with Crippen LogP contribution < -0.4 is 5.73 Å². The number of hydrogen-bond donors (Lipinski definition) is 1. The highest BCUT2D eigenvalue weighted by Crippen LogP contribution is 2.17. The van der Waals surface area contributed by atoms with Crippen LogP contribution in [-0.2, 0) is 6.42 Å². The number of nitrogens with two attached hydrogens (primary N) is 1. The van der Waals surface area contributed by atoms with E-state index in [9.17, 15) is 0 Å². The van der Waals surface area contributed by atoms with Crippen LogP contribution in [0.25, 0.3) is 0 Å². The van der Waals surface area contributed by atoms with Gasteiger partial charge in [-0.3, -0.25) is 0 Å². The molecule has 2 nitrogen and oxygen atoms in total. The summed E-state index contributed by atoms with van der Waals surface area (Å²) in [4.78, 5) is 3.85. The second-order valence-corrected chi connectivity index (χ2v) is 6.15. The Bertz CT molecular complexity index is 304. The van der Waals surface area contributed by atoms with Crippen LogP contribution in [0.15, 0.2) is 17.5 Å². The van der Waals surface area contributed by atoms with Crippen molar-refractivity contribution in [1.82, 2.24) is 4.90 Å². The quantitative estimate of drug-likeness (QED) is 0.810. The topological polar surface area (TPSA) is 29.3 Å². The van der Waals surface area contributed by atoms with Gasteiger partial charge in [0, 0.05) is 23.0 Å². The zero-order valence-corrected chi connectivity index (χ0v) is 12.4. The van der Waals surface area contributed by atoms with Crippen molar-refractivity contribution in [2.75, 3.05) is 13.6 Å². The van der Waals surface area contributed by atoms with Crippen LogP contribution in [-0.4, -0.2) is 30.1 Å². The molecular formula is C14H26N2S. The molecule has 3 heteroatoms. The third-order valence-corrected chi connectivity index (χ3v) is 4.70. The Labute approximate surface area is 110 Å². The molecule has 0 saturated heterocycles. The Morgan fingerprint density at radius 3 is 2.53 bits per heavy atom. The van der Waals surface area contributed by atoms with Gasteiger partial charge in [0.1, 0.15) is 0 Å². The first kappa shape index (κ1) is 14.7. The van der Waals surface area contributed by atoms with Crippen molar-refractivity contribution < 1.29 is 0 Å². The molecule has 0 aliphatic heterocycles. The molecule has 2 N–H and O–H groups in total. The van der Waals surface area contributed by atoms with Crippen LogP contribution >= 0.6 is 11.3 Å². The highest BCUT2D eigenvalue weighted by Gasteiger charge is 2.24. The molecule has 1 atom stereocenters. The molecule has 1 aromatic rings. The minimum absolute atomic E-state index is 0.0293. The number of nitrogens with zero attached hydrogens (tertiary/aromatic N) is 1. The van der Waals surface area contributed by atoms with Gasteiger partial charge in [-0.2, -0.15) is 0 Å². The predicted octanol–water partition coefficient (Wildman–Crippen LogP) is 3.13. The Balaban J connectivity index is 2.49. The Morgan fingerprint density at radius 2 is 2.06 bits per heavy atom. The van der Waals surface area contributed by atoms with Crippen molar-refractivity contribution >= 4 is 11.3 Å². The summed E-state index contributed by atoms with van der Waals surface area (Å²) in [6.07, 6.45) is 3.21. The summed E-state index contributed by atoms with van der Waals surface area (Å²) in [5, 5.41) is 2.15. The second-order valence-electron chi connectivity index (χ2n) is 5.12. The van der Waals surface area contributed by atoms with Crippen LogP contribution in [0, 0.1) is 0 Å². The molecule has 0 aliphatic rings. The van der Waals surface area contributed by atoms with Gasteiger partial charge in [0.25, 0.3) is 0 Å². The maximum absolute atomic E-state index is 6.37. The fourth-order valence-electron chi connectivity index (χ4n) is 2.00. The summed E-state index contributed by atoms with van der Waals surface area (Å²) in [7, 11) is 2.19. The molecule has 0 fully saturated rings.